The van der Waals surface area contributed by atoms with E-state index in [-0.39, 0.29) is 24.5 Å². The van der Waals surface area contributed by atoms with Gasteiger partial charge in [-0.25, -0.2) is 17.9 Å². The molecule has 0 amide bonds. The number of aryl methyl sites for hydroxylation is 1. The molecule has 0 bridgehead atoms. The molecule has 6 nitrogen and oxygen atoms in total. The van der Waals surface area contributed by atoms with Crippen molar-refractivity contribution >= 4 is 21.1 Å². The van der Waals surface area contributed by atoms with Crippen LogP contribution in [0.15, 0.2) is 59.4 Å². The number of aromatic nitrogens is 2. The summed E-state index contributed by atoms with van der Waals surface area (Å²) in [7, 11) is -1.73. The van der Waals surface area contributed by atoms with Gasteiger partial charge in [0.2, 0.25) is 10.0 Å². The smallest absolute Gasteiger partial charge is 0.295 e. The molecule has 0 aliphatic carbocycles. The minimum absolute atomic E-state index is 0.0712. The van der Waals surface area contributed by atoms with Gasteiger partial charge in [-0.15, -0.1) is 0 Å². The molecule has 1 N–H and O–H groups in total. The second kappa shape index (κ2) is 6.62. The van der Waals surface area contributed by atoms with Crippen molar-refractivity contribution < 1.29 is 8.42 Å². The summed E-state index contributed by atoms with van der Waals surface area (Å²) < 4.78 is 30.0. The van der Waals surface area contributed by atoms with E-state index in [1.165, 1.54) is 0 Å². The van der Waals surface area contributed by atoms with Crippen molar-refractivity contribution in [3.8, 4) is 0 Å². The highest BCUT2D eigenvalue weighted by Gasteiger charge is 2.13. The quantitative estimate of drug-likeness (QED) is 0.735. The van der Waals surface area contributed by atoms with Gasteiger partial charge in [0.15, 0.2) is 0 Å². The van der Waals surface area contributed by atoms with Crippen molar-refractivity contribution in [3.05, 3.63) is 70.6 Å². The molecule has 0 aliphatic rings. The SMILES string of the molecule is Cn1c(=O)n(CCNS(=O)(=O)Cc2ccccc2)c2ccccc21. The summed E-state index contributed by atoms with van der Waals surface area (Å²) in [5, 5.41) is 0. The highest BCUT2D eigenvalue weighted by atomic mass is 32.2. The molecule has 0 radical (unpaired) electrons. The van der Waals surface area contributed by atoms with E-state index in [0.29, 0.717) is 0 Å². The zero-order valence-corrected chi connectivity index (χ0v) is 14.2. The van der Waals surface area contributed by atoms with Crippen molar-refractivity contribution in [3.63, 3.8) is 0 Å². The van der Waals surface area contributed by atoms with Gasteiger partial charge in [0.05, 0.1) is 16.8 Å². The number of imidazole rings is 1. The molecule has 0 saturated heterocycles. The summed E-state index contributed by atoms with van der Waals surface area (Å²) in [6.45, 7) is 0.456. The lowest BCUT2D eigenvalue weighted by atomic mass is 10.2. The standard InChI is InChI=1S/C17H19N3O3S/c1-19-15-9-5-6-10-16(15)20(17(19)21)12-11-18-24(22,23)13-14-7-3-2-4-8-14/h2-10,18H,11-13H2,1H3. The van der Waals surface area contributed by atoms with E-state index in [9.17, 15) is 13.2 Å². The average Bonchev–Trinajstić information content (AvgIpc) is 2.80. The Labute approximate surface area is 140 Å². The van der Waals surface area contributed by atoms with Crippen molar-refractivity contribution in [1.29, 1.82) is 0 Å². The van der Waals surface area contributed by atoms with E-state index >= 15 is 0 Å². The highest BCUT2D eigenvalue weighted by Crippen LogP contribution is 2.11. The average molecular weight is 345 g/mol. The number of rotatable bonds is 6. The van der Waals surface area contributed by atoms with Crippen LogP contribution in [-0.2, 0) is 29.4 Å². The van der Waals surface area contributed by atoms with Crippen LogP contribution in [0.2, 0.25) is 0 Å². The van der Waals surface area contributed by atoms with Gasteiger partial charge in [-0.05, 0) is 17.7 Å². The van der Waals surface area contributed by atoms with E-state index in [0.717, 1.165) is 16.6 Å². The minimum Gasteiger partial charge on any atom is -0.295 e. The molecular weight excluding hydrogens is 326 g/mol. The zero-order valence-electron chi connectivity index (χ0n) is 13.3. The second-order valence-electron chi connectivity index (χ2n) is 5.62. The number of nitrogens with one attached hydrogen (secondary N) is 1. The van der Waals surface area contributed by atoms with Crippen molar-refractivity contribution in [2.75, 3.05) is 6.54 Å². The number of benzene rings is 2. The molecule has 0 fully saturated rings. The highest BCUT2D eigenvalue weighted by molar-refractivity contribution is 7.88. The van der Waals surface area contributed by atoms with Gasteiger partial charge in [0.1, 0.15) is 0 Å². The van der Waals surface area contributed by atoms with Gasteiger partial charge in [0, 0.05) is 20.1 Å². The Balaban J connectivity index is 1.71. The maximum absolute atomic E-state index is 12.3. The van der Waals surface area contributed by atoms with Crippen LogP contribution in [-0.4, -0.2) is 24.1 Å². The van der Waals surface area contributed by atoms with E-state index < -0.39 is 10.0 Å². The lowest BCUT2D eigenvalue weighted by Crippen LogP contribution is -2.31. The zero-order chi connectivity index (χ0) is 17.2. The molecule has 1 heterocycles. The van der Waals surface area contributed by atoms with Crippen LogP contribution in [0.1, 0.15) is 5.56 Å². The summed E-state index contributed by atoms with van der Waals surface area (Å²) in [4.78, 5) is 12.3. The summed E-state index contributed by atoms with van der Waals surface area (Å²) in [6, 6.07) is 16.5. The van der Waals surface area contributed by atoms with E-state index in [2.05, 4.69) is 4.72 Å². The first-order valence-corrected chi connectivity index (χ1v) is 9.29. The Morgan fingerprint density at radius 3 is 2.29 bits per heavy atom. The van der Waals surface area contributed by atoms with Crippen LogP contribution >= 0.6 is 0 Å². The monoisotopic (exact) mass is 345 g/mol. The first-order valence-electron chi connectivity index (χ1n) is 7.63. The minimum atomic E-state index is -3.44. The summed E-state index contributed by atoms with van der Waals surface area (Å²) in [6.07, 6.45) is 0. The van der Waals surface area contributed by atoms with Gasteiger partial charge < -0.3 is 0 Å². The predicted molar refractivity (Wildman–Crippen MR) is 94.2 cm³/mol. The molecule has 3 rings (SSSR count). The number of hydrogen-bond donors (Lipinski definition) is 1. The molecule has 0 atom stereocenters. The van der Waals surface area contributed by atoms with Crippen LogP contribution in [0.5, 0.6) is 0 Å². The predicted octanol–water partition coefficient (Wildman–Crippen LogP) is 1.46. The van der Waals surface area contributed by atoms with Crippen LogP contribution in [0, 0.1) is 0 Å². The Morgan fingerprint density at radius 2 is 1.58 bits per heavy atom. The molecule has 0 saturated carbocycles. The first kappa shape index (κ1) is 16.5. The summed E-state index contributed by atoms with van der Waals surface area (Å²) in [5.41, 5.74) is 2.20. The molecule has 1 aromatic heterocycles. The Morgan fingerprint density at radius 1 is 0.958 bits per heavy atom. The number of hydrogen-bond acceptors (Lipinski definition) is 3. The Kier molecular flexibility index (Phi) is 4.55. The van der Waals surface area contributed by atoms with E-state index in [1.807, 2.05) is 30.3 Å². The third-order valence-electron chi connectivity index (χ3n) is 3.91. The molecule has 3 aromatic rings. The maximum atomic E-state index is 12.3. The lowest BCUT2D eigenvalue weighted by Gasteiger charge is -2.07. The molecule has 7 heteroatoms. The molecule has 126 valence electrons. The third-order valence-corrected chi connectivity index (χ3v) is 5.27. The van der Waals surface area contributed by atoms with Crippen LogP contribution in [0.3, 0.4) is 0 Å². The Hall–Kier alpha value is -2.38. The van der Waals surface area contributed by atoms with Crippen molar-refractivity contribution in [2.24, 2.45) is 7.05 Å². The largest absolute Gasteiger partial charge is 0.328 e. The molecule has 0 aliphatic heterocycles. The van der Waals surface area contributed by atoms with Gasteiger partial charge in [-0.3, -0.25) is 9.13 Å². The molecule has 2 aromatic carbocycles. The maximum Gasteiger partial charge on any atom is 0.328 e. The first-order chi connectivity index (χ1) is 11.5. The summed E-state index contributed by atoms with van der Waals surface area (Å²) >= 11 is 0. The number of para-hydroxylation sites is 2. The number of nitrogens with zero attached hydrogens (tertiary/aromatic N) is 2. The van der Waals surface area contributed by atoms with Crippen molar-refractivity contribution in [1.82, 2.24) is 13.9 Å². The third kappa shape index (κ3) is 3.42. The molecular formula is C17H19N3O3S. The molecule has 0 spiro atoms. The van der Waals surface area contributed by atoms with Gasteiger partial charge in [0.25, 0.3) is 0 Å². The Bertz CT molecular complexity index is 1000. The van der Waals surface area contributed by atoms with E-state index in [1.54, 1.807) is 40.4 Å². The second-order valence-corrected chi connectivity index (χ2v) is 7.43. The van der Waals surface area contributed by atoms with Crippen LogP contribution in [0.4, 0.5) is 0 Å². The fourth-order valence-corrected chi connectivity index (χ4v) is 3.87. The van der Waals surface area contributed by atoms with Gasteiger partial charge >= 0.3 is 5.69 Å². The fourth-order valence-electron chi connectivity index (χ4n) is 2.74. The molecule has 24 heavy (non-hydrogen) atoms. The van der Waals surface area contributed by atoms with Gasteiger partial charge in [-0.1, -0.05) is 42.5 Å². The molecule has 0 unspecified atom stereocenters. The normalized spacial score (nSPS) is 11.9. The number of fused-ring (bicyclic) bond motifs is 1. The number of sulfonamides is 1. The topological polar surface area (TPSA) is 73.1 Å². The summed E-state index contributed by atoms with van der Waals surface area (Å²) in [5.74, 6) is -0.0712. The van der Waals surface area contributed by atoms with Crippen LogP contribution < -0.4 is 10.4 Å². The lowest BCUT2D eigenvalue weighted by molar-refractivity contribution is 0.570. The fraction of sp³-hybridized carbons (Fsp3) is 0.235. The van der Waals surface area contributed by atoms with Gasteiger partial charge in [-0.2, -0.15) is 0 Å². The van der Waals surface area contributed by atoms with Crippen LogP contribution in [0.25, 0.3) is 11.0 Å². The van der Waals surface area contributed by atoms with E-state index in [4.69, 9.17) is 0 Å². The van der Waals surface area contributed by atoms with Crippen molar-refractivity contribution in [2.45, 2.75) is 12.3 Å².